The number of likely N-dealkylation sites (tertiary alicyclic amines) is 1. The molecule has 1 fully saturated rings. The van der Waals surface area contributed by atoms with Crippen LogP contribution in [0.4, 0.5) is 5.69 Å². The van der Waals surface area contributed by atoms with Crippen LogP contribution in [0.1, 0.15) is 61.5 Å². The molecule has 5 rings (SSSR count). The molecule has 1 saturated heterocycles. The number of halogens is 1. The lowest BCUT2D eigenvalue weighted by molar-refractivity contribution is -0.154. The fourth-order valence-electron chi connectivity index (χ4n) is 5.89. The number of hydrogen-bond acceptors (Lipinski definition) is 5. The smallest absolute Gasteiger partial charge is 0.306 e. The third-order valence-corrected chi connectivity index (χ3v) is 8.52. The number of carbonyl (C=O) groups excluding carboxylic acids is 2. The summed E-state index contributed by atoms with van der Waals surface area (Å²) in [6.07, 6.45) is 2.67. The number of aryl methyl sites for hydroxylation is 1. The summed E-state index contributed by atoms with van der Waals surface area (Å²) < 4.78 is 12.6. The molecule has 2 aliphatic heterocycles. The zero-order valence-electron chi connectivity index (χ0n) is 24.6. The van der Waals surface area contributed by atoms with Gasteiger partial charge in [-0.05, 0) is 87.6 Å². The van der Waals surface area contributed by atoms with Crippen LogP contribution >= 0.6 is 15.9 Å². The highest BCUT2D eigenvalue weighted by Crippen LogP contribution is 2.46. The van der Waals surface area contributed by atoms with Gasteiger partial charge in [-0.1, -0.05) is 40.2 Å². The second-order valence-electron chi connectivity index (χ2n) is 12.4. The van der Waals surface area contributed by atoms with Gasteiger partial charge >= 0.3 is 5.97 Å². The van der Waals surface area contributed by atoms with Crippen molar-refractivity contribution in [2.75, 3.05) is 38.7 Å². The van der Waals surface area contributed by atoms with E-state index in [9.17, 15) is 9.59 Å². The van der Waals surface area contributed by atoms with Crippen molar-refractivity contribution in [3.63, 3.8) is 0 Å². The molecule has 0 unspecified atom stereocenters. The fourth-order valence-corrected chi connectivity index (χ4v) is 6.25. The molecular formula is C34H39BrN2O4. The summed E-state index contributed by atoms with van der Waals surface area (Å²) in [6.45, 7) is 7.64. The zero-order valence-corrected chi connectivity index (χ0v) is 26.2. The van der Waals surface area contributed by atoms with E-state index in [2.05, 4.69) is 45.1 Å². The van der Waals surface area contributed by atoms with Crippen LogP contribution in [-0.4, -0.2) is 56.2 Å². The van der Waals surface area contributed by atoms with E-state index < -0.39 is 5.60 Å². The van der Waals surface area contributed by atoms with E-state index >= 15 is 0 Å². The molecule has 1 amide bonds. The standard InChI is InChI=1S/C34H39BrN2O4/c1-33(2,3)41-31(38)14-10-23-9-13-30-28(19-23)34(22-40-30)15-17-37(18-16-34)32(39)25-8-6-7-24(20-25)27-21-26(35)11-12-29(27)36(4)5/h6-9,11-13,19-21H,10,14-18,22H2,1-5H3. The van der Waals surface area contributed by atoms with Gasteiger partial charge in [-0.2, -0.15) is 0 Å². The third kappa shape index (κ3) is 6.45. The average molecular weight is 620 g/mol. The van der Waals surface area contributed by atoms with E-state index in [1.807, 2.05) is 76.2 Å². The van der Waals surface area contributed by atoms with Gasteiger partial charge in [0.2, 0.25) is 0 Å². The Kier molecular flexibility index (Phi) is 8.20. The summed E-state index contributed by atoms with van der Waals surface area (Å²) >= 11 is 3.60. The van der Waals surface area contributed by atoms with Crippen molar-refractivity contribution >= 4 is 33.5 Å². The van der Waals surface area contributed by atoms with Crippen molar-refractivity contribution in [3.8, 4) is 16.9 Å². The molecule has 0 aliphatic carbocycles. The molecule has 0 radical (unpaired) electrons. The highest BCUT2D eigenvalue weighted by atomic mass is 79.9. The van der Waals surface area contributed by atoms with E-state index in [0.29, 0.717) is 38.1 Å². The molecule has 0 aromatic heterocycles. The number of piperidine rings is 1. The number of nitrogens with zero attached hydrogens (tertiary/aromatic N) is 2. The number of benzene rings is 3. The summed E-state index contributed by atoms with van der Waals surface area (Å²) in [5.74, 6) is 0.801. The highest BCUT2D eigenvalue weighted by molar-refractivity contribution is 9.10. The molecule has 7 heteroatoms. The van der Waals surface area contributed by atoms with Crippen LogP contribution in [0.5, 0.6) is 5.75 Å². The van der Waals surface area contributed by atoms with Crippen LogP contribution in [0.25, 0.3) is 11.1 Å². The van der Waals surface area contributed by atoms with Crippen LogP contribution in [0.3, 0.4) is 0 Å². The number of carbonyl (C=O) groups is 2. The molecule has 0 saturated carbocycles. The van der Waals surface area contributed by atoms with Gasteiger partial charge < -0.3 is 19.3 Å². The summed E-state index contributed by atoms with van der Waals surface area (Å²) in [5.41, 5.74) is 5.64. The average Bonchev–Trinajstić information content (AvgIpc) is 3.28. The zero-order chi connectivity index (χ0) is 29.4. The van der Waals surface area contributed by atoms with Crippen LogP contribution in [0.2, 0.25) is 0 Å². The largest absolute Gasteiger partial charge is 0.492 e. The first kappa shape index (κ1) is 29.2. The van der Waals surface area contributed by atoms with Crippen molar-refractivity contribution in [1.82, 2.24) is 4.90 Å². The second kappa shape index (κ2) is 11.5. The van der Waals surface area contributed by atoms with E-state index in [1.54, 1.807) is 0 Å². The second-order valence-corrected chi connectivity index (χ2v) is 13.3. The van der Waals surface area contributed by atoms with Gasteiger partial charge in [0.1, 0.15) is 11.4 Å². The lowest BCUT2D eigenvalue weighted by Crippen LogP contribution is -2.46. The van der Waals surface area contributed by atoms with E-state index in [-0.39, 0.29) is 17.3 Å². The van der Waals surface area contributed by atoms with E-state index in [0.717, 1.165) is 45.4 Å². The Morgan fingerprint density at radius 3 is 2.49 bits per heavy atom. The molecule has 0 N–H and O–H groups in total. The molecule has 41 heavy (non-hydrogen) atoms. The minimum Gasteiger partial charge on any atom is -0.492 e. The number of fused-ring (bicyclic) bond motifs is 2. The molecule has 216 valence electrons. The lowest BCUT2D eigenvalue weighted by atomic mass is 9.74. The van der Waals surface area contributed by atoms with Crippen molar-refractivity contribution in [1.29, 1.82) is 0 Å². The van der Waals surface area contributed by atoms with Crippen LogP contribution in [-0.2, 0) is 21.4 Å². The number of hydrogen-bond donors (Lipinski definition) is 0. The molecule has 1 spiro atoms. The SMILES string of the molecule is CN(C)c1ccc(Br)cc1-c1cccc(C(=O)N2CCC3(CC2)COc2ccc(CCC(=O)OC(C)(C)C)cc23)c1. The van der Waals surface area contributed by atoms with Crippen molar-refractivity contribution in [2.24, 2.45) is 0 Å². The molecular weight excluding hydrogens is 580 g/mol. The number of anilines is 1. The van der Waals surface area contributed by atoms with Crippen molar-refractivity contribution in [2.45, 2.75) is 57.5 Å². The van der Waals surface area contributed by atoms with Crippen LogP contribution in [0.15, 0.2) is 65.1 Å². The maximum absolute atomic E-state index is 13.7. The van der Waals surface area contributed by atoms with Crippen molar-refractivity contribution < 1.29 is 19.1 Å². The number of rotatable bonds is 6. The van der Waals surface area contributed by atoms with Crippen LogP contribution in [0, 0.1) is 0 Å². The van der Waals surface area contributed by atoms with E-state index in [4.69, 9.17) is 9.47 Å². The Morgan fingerprint density at radius 1 is 1.02 bits per heavy atom. The molecule has 0 bridgehead atoms. The Balaban J connectivity index is 1.28. The first-order valence-corrected chi connectivity index (χ1v) is 15.1. The fraction of sp³-hybridized carbons (Fsp3) is 0.412. The monoisotopic (exact) mass is 618 g/mol. The Morgan fingerprint density at radius 2 is 1.78 bits per heavy atom. The van der Waals surface area contributed by atoms with Gasteiger partial charge in [0, 0.05) is 65.9 Å². The quantitative estimate of drug-likeness (QED) is 0.278. The Labute approximate surface area is 251 Å². The first-order valence-electron chi connectivity index (χ1n) is 14.3. The van der Waals surface area contributed by atoms with Gasteiger partial charge in [0.25, 0.3) is 5.91 Å². The summed E-state index contributed by atoms with van der Waals surface area (Å²) in [6, 6.07) is 20.4. The molecule has 2 aliphatic rings. The first-order chi connectivity index (χ1) is 19.4. The Hall–Kier alpha value is -3.32. The van der Waals surface area contributed by atoms with Gasteiger partial charge in [-0.15, -0.1) is 0 Å². The Bertz CT molecular complexity index is 1450. The van der Waals surface area contributed by atoms with Gasteiger partial charge in [-0.3, -0.25) is 9.59 Å². The van der Waals surface area contributed by atoms with Gasteiger partial charge in [0.05, 0.1) is 6.61 Å². The van der Waals surface area contributed by atoms with Crippen LogP contribution < -0.4 is 9.64 Å². The predicted octanol–water partition coefficient (Wildman–Crippen LogP) is 7.02. The maximum Gasteiger partial charge on any atom is 0.306 e. The highest BCUT2D eigenvalue weighted by Gasteiger charge is 2.44. The summed E-state index contributed by atoms with van der Waals surface area (Å²) in [7, 11) is 4.06. The molecule has 6 nitrogen and oxygen atoms in total. The molecule has 3 aromatic rings. The van der Waals surface area contributed by atoms with Gasteiger partial charge in [0.15, 0.2) is 0 Å². The van der Waals surface area contributed by atoms with Crippen molar-refractivity contribution in [3.05, 3.63) is 81.8 Å². The normalized spacial score (nSPS) is 15.8. The lowest BCUT2D eigenvalue weighted by Gasteiger charge is -2.38. The number of ether oxygens (including phenoxy) is 2. The molecule has 2 heterocycles. The summed E-state index contributed by atoms with van der Waals surface area (Å²) in [4.78, 5) is 30.0. The topological polar surface area (TPSA) is 59.1 Å². The van der Waals surface area contributed by atoms with E-state index in [1.165, 1.54) is 5.56 Å². The van der Waals surface area contributed by atoms with Gasteiger partial charge in [-0.25, -0.2) is 0 Å². The third-order valence-electron chi connectivity index (χ3n) is 8.03. The maximum atomic E-state index is 13.7. The molecule has 3 aromatic carbocycles. The number of esters is 1. The predicted molar refractivity (Wildman–Crippen MR) is 167 cm³/mol. The number of amides is 1. The summed E-state index contributed by atoms with van der Waals surface area (Å²) in [5, 5.41) is 0. The minimum atomic E-state index is -0.479. The minimum absolute atomic E-state index is 0.0633. The molecule has 0 atom stereocenters.